The van der Waals surface area contributed by atoms with Crippen molar-refractivity contribution in [3.05, 3.63) is 11.8 Å². The van der Waals surface area contributed by atoms with E-state index in [9.17, 15) is 9.59 Å². The fourth-order valence-corrected chi connectivity index (χ4v) is 2.89. The maximum absolute atomic E-state index is 12.1. The van der Waals surface area contributed by atoms with Crippen LogP contribution in [0.4, 0.5) is 0 Å². The van der Waals surface area contributed by atoms with E-state index in [1.54, 1.807) is 4.90 Å². The standard InChI is InChI=1S/C14H22N2O3/c1-15(12-4-2-3-5-12)13(17)10-16-7-6-11(9-16)8-14(18)19/h4,11H,2-3,5-10H2,1H3,(H,18,19). The highest BCUT2D eigenvalue weighted by molar-refractivity contribution is 5.79. The van der Waals surface area contributed by atoms with E-state index in [1.807, 2.05) is 7.05 Å². The van der Waals surface area contributed by atoms with Gasteiger partial charge in [-0.3, -0.25) is 14.5 Å². The monoisotopic (exact) mass is 266 g/mol. The third-order valence-corrected chi connectivity index (χ3v) is 4.01. The summed E-state index contributed by atoms with van der Waals surface area (Å²) in [6.45, 7) is 1.96. The molecular weight excluding hydrogens is 244 g/mol. The number of amides is 1. The van der Waals surface area contributed by atoms with Gasteiger partial charge in [0.2, 0.25) is 5.91 Å². The number of aliphatic carboxylic acids is 1. The molecule has 0 radical (unpaired) electrons. The largest absolute Gasteiger partial charge is 0.481 e. The first-order chi connectivity index (χ1) is 9.06. The molecule has 1 amide bonds. The average molecular weight is 266 g/mol. The highest BCUT2D eigenvalue weighted by Crippen LogP contribution is 2.22. The second-order valence-corrected chi connectivity index (χ2v) is 5.53. The van der Waals surface area contributed by atoms with Crippen molar-refractivity contribution in [2.24, 2.45) is 5.92 Å². The molecule has 0 aromatic rings. The molecule has 1 fully saturated rings. The van der Waals surface area contributed by atoms with Gasteiger partial charge in [0.15, 0.2) is 0 Å². The summed E-state index contributed by atoms with van der Waals surface area (Å²) in [5.41, 5.74) is 1.13. The fourth-order valence-electron chi connectivity index (χ4n) is 2.89. The highest BCUT2D eigenvalue weighted by Gasteiger charge is 2.27. The van der Waals surface area contributed by atoms with Crippen LogP contribution in [0.25, 0.3) is 0 Å². The zero-order chi connectivity index (χ0) is 13.8. The van der Waals surface area contributed by atoms with Crippen LogP contribution in [-0.2, 0) is 9.59 Å². The van der Waals surface area contributed by atoms with Crippen LogP contribution < -0.4 is 0 Å². The molecule has 0 aromatic heterocycles. The van der Waals surface area contributed by atoms with Crippen molar-refractivity contribution in [3.63, 3.8) is 0 Å². The molecule has 0 aromatic carbocycles. The molecule has 1 atom stereocenters. The van der Waals surface area contributed by atoms with E-state index in [-0.39, 0.29) is 18.2 Å². The Morgan fingerprint density at radius 3 is 2.95 bits per heavy atom. The number of rotatable bonds is 5. The summed E-state index contributed by atoms with van der Waals surface area (Å²) in [5, 5.41) is 8.77. The summed E-state index contributed by atoms with van der Waals surface area (Å²) in [4.78, 5) is 26.6. The van der Waals surface area contributed by atoms with E-state index in [0.717, 1.165) is 44.5 Å². The van der Waals surface area contributed by atoms with Gasteiger partial charge < -0.3 is 10.0 Å². The zero-order valence-corrected chi connectivity index (χ0v) is 11.5. The lowest BCUT2D eigenvalue weighted by molar-refractivity contribution is -0.138. The number of allylic oxidation sites excluding steroid dienone is 2. The summed E-state index contributed by atoms with van der Waals surface area (Å²) in [5.74, 6) is -0.433. The predicted molar refractivity (Wildman–Crippen MR) is 71.5 cm³/mol. The Balaban J connectivity index is 1.78. The van der Waals surface area contributed by atoms with E-state index < -0.39 is 5.97 Å². The maximum Gasteiger partial charge on any atom is 0.303 e. The van der Waals surface area contributed by atoms with Crippen LogP contribution >= 0.6 is 0 Å². The lowest BCUT2D eigenvalue weighted by Gasteiger charge is -2.22. The number of carbonyl (C=O) groups excluding carboxylic acids is 1. The van der Waals surface area contributed by atoms with Gasteiger partial charge in [-0.25, -0.2) is 0 Å². The van der Waals surface area contributed by atoms with Gasteiger partial charge in [-0.05, 0) is 38.1 Å². The second-order valence-electron chi connectivity index (χ2n) is 5.53. The van der Waals surface area contributed by atoms with Crippen molar-refractivity contribution < 1.29 is 14.7 Å². The predicted octanol–water partition coefficient (Wildman–Crippen LogP) is 1.31. The molecular formula is C14H22N2O3. The number of carboxylic acids is 1. The van der Waals surface area contributed by atoms with E-state index >= 15 is 0 Å². The summed E-state index contributed by atoms with van der Waals surface area (Å²) in [6.07, 6.45) is 6.42. The van der Waals surface area contributed by atoms with Crippen LogP contribution in [0.1, 0.15) is 32.1 Å². The summed E-state index contributed by atoms with van der Waals surface area (Å²) < 4.78 is 0. The van der Waals surface area contributed by atoms with Crippen LogP contribution in [0, 0.1) is 5.92 Å². The molecule has 1 heterocycles. The van der Waals surface area contributed by atoms with Gasteiger partial charge >= 0.3 is 5.97 Å². The average Bonchev–Trinajstić information content (AvgIpc) is 2.98. The normalized spacial score (nSPS) is 23.4. The van der Waals surface area contributed by atoms with Gasteiger partial charge in [0.1, 0.15) is 0 Å². The number of hydrogen-bond acceptors (Lipinski definition) is 3. The first-order valence-electron chi connectivity index (χ1n) is 6.96. The third-order valence-electron chi connectivity index (χ3n) is 4.01. The molecule has 2 aliphatic rings. The molecule has 5 nitrogen and oxygen atoms in total. The Labute approximate surface area is 113 Å². The quantitative estimate of drug-likeness (QED) is 0.815. The first kappa shape index (κ1) is 14.1. The molecule has 1 saturated heterocycles. The SMILES string of the molecule is CN(C(=O)CN1CCC(CC(=O)O)C1)C1=CCCC1. The molecule has 19 heavy (non-hydrogen) atoms. The summed E-state index contributed by atoms with van der Waals surface area (Å²) in [6, 6.07) is 0. The fraction of sp³-hybridized carbons (Fsp3) is 0.714. The first-order valence-corrected chi connectivity index (χ1v) is 6.96. The Morgan fingerprint density at radius 2 is 2.32 bits per heavy atom. The van der Waals surface area contributed by atoms with Gasteiger partial charge in [0, 0.05) is 25.7 Å². The van der Waals surface area contributed by atoms with E-state index in [0.29, 0.717) is 6.54 Å². The third kappa shape index (κ3) is 3.80. The Hall–Kier alpha value is -1.36. The molecule has 1 unspecified atom stereocenters. The van der Waals surface area contributed by atoms with Crippen molar-refractivity contribution in [2.75, 3.05) is 26.7 Å². The van der Waals surface area contributed by atoms with Crippen molar-refractivity contribution >= 4 is 11.9 Å². The van der Waals surface area contributed by atoms with Crippen LogP contribution in [0.15, 0.2) is 11.8 Å². The van der Waals surface area contributed by atoms with Crippen LogP contribution in [0.2, 0.25) is 0 Å². The number of nitrogens with zero attached hydrogens (tertiary/aromatic N) is 2. The molecule has 1 N–H and O–H groups in total. The van der Waals surface area contributed by atoms with Crippen molar-refractivity contribution in [2.45, 2.75) is 32.1 Å². The summed E-state index contributed by atoms with van der Waals surface area (Å²) >= 11 is 0. The van der Waals surface area contributed by atoms with E-state index in [4.69, 9.17) is 5.11 Å². The molecule has 2 rings (SSSR count). The van der Waals surface area contributed by atoms with E-state index in [1.165, 1.54) is 0 Å². The van der Waals surface area contributed by atoms with Gasteiger partial charge in [-0.2, -0.15) is 0 Å². The number of likely N-dealkylation sites (N-methyl/N-ethyl adjacent to an activating group) is 1. The second kappa shape index (κ2) is 6.19. The minimum atomic E-state index is -0.744. The Kier molecular flexibility index (Phi) is 4.58. The Morgan fingerprint density at radius 1 is 1.53 bits per heavy atom. The van der Waals surface area contributed by atoms with Crippen molar-refractivity contribution in [1.29, 1.82) is 0 Å². The topological polar surface area (TPSA) is 60.9 Å². The lowest BCUT2D eigenvalue weighted by Crippen LogP contribution is -2.36. The van der Waals surface area contributed by atoms with Crippen molar-refractivity contribution in [1.82, 2.24) is 9.80 Å². The van der Waals surface area contributed by atoms with Crippen molar-refractivity contribution in [3.8, 4) is 0 Å². The smallest absolute Gasteiger partial charge is 0.303 e. The maximum atomic E-state index is 12.1. The molecule has 1 aliphatic carbocycles. The molecule has 1 aliphatic heterocycles. The highest BCUT2D eigenvalue weighted by atomic mass is 16.4. The number of carbonyl (C=O) groups is 2. The lowest BCUT2D eigenvalue weighted by atomic mass is 10.1. The minimum Gasteiger partial charge on any atom is -0.481 e. The molecule has 0 spiro atoms. The minimum absolute atomic E-state index is 0.115. The van der Waals surface area contributed by atoms with E-state index in [2.05, 4.69) is 11.0 Å². The molecule has 0 bridgehead atoms. The van der Waals surface area contributed by atoms with Gasteiger partial charge in [0.05, 0.1) is 6.54 Å². The summed E-state index contributed by atoms with van der Waals surface area (Å²) in [7, 11) is 1.84. The number of hydrogen-bond donors (Lipinski definition) is 1. The van der Waals surface area contributed by atoms with Crippen LogP contribution in [-0.4, -0.2) is 53.5 Å². The van der Waals surface area contributed by atoms with Gasteiger partial charge in [0.25, 0.3) is 0 Å². The van der Waals surface area contributed by atoms with Gasteiger partial charge in [-0.15, -0.1) is 0 Å². The number of likely N-dealkylation sites (tertiary alicyclic amines) is 1. The van der Waals surface area contributed by atoms with Crippen LogP contribution in [0.5, 0.6) is 0 Å². The van der Waals surface area contributed by atoms with Gasteiger partial charge in [-0.1, -0.05) is 6.08 Å². The van der Waals surface area contributed by atoms with Crippen LogP contribution in [0.3, 0.4) is 0 Å². The Bertz CT molecular complexity index is 392. The molecule has 0 saturated carbocycles. The molecule has 5 heteroatoms. The molecule has 106 valence electrons. The number of carboxylic acid groups (broad SMARTS) is 1. The zero-order valence-electron chi connectivity index (χ0n) is 11.5.